The molecule has 0 fully saturated rings. The lowest BCUT2D eigenvalue weighted by Gasteiger charge is -2.04. The SMILES string of the molecule is O=C1c2ccccc2C(=O)N1/N=C\c1cc(Br)c(I)o1. The lowest BCUT2D eigenvalue weighted by molar-refractivity contribution is 0.0660. The van der Waals surface area contributed by atoms with Crippen molar-refractivity contribution in [2.24, 2.45) is 5.10 Å². The van der Waals surface area contributed by atoms with Crippen LogP contribution >= 0.6 is 38.5 Å². The van der Waals surface area contributed by atoms with Gasteiger partial charge in [0.15, 0.2) is 3.77 Å². The van der Waals surface area contributed by atoms with Crippen molar-refractivity contribution in [1.29, 1.82) is 0 Å². The van der Waals surface area contributed by atoms with E-state index in [0.29, 0.717) is 20.7 Å². The molecule has 2 heterocycles. The molecule has 0 aliphatic carbocycles. The Morgan fingerprint density at radius 3 is 2.30 bits per heavy atom. The van der Waals surface area contributed by atoms with Crippen molar-refractivity contribution in [3.8, 4) is 0 Å². The third kappa shape index (κ3) is 2.20. The summed E-state index contributed by atoms with van der Waals surface area (Å²) in [6.45, 7) is 0. The molecule has 3 rings (SSSR count). The van der Waals surface area contributed by atoms with E-state index in [2.05, 4.69) is 21.0 Å². The van der Waals surface area contributed by atoms with Crippen LogP contribution < -0.4 is 0 Å². The molecule has 7 heteroatoms. The summed E-state index contributed by atoms with van der Waals surface area (Å²) in [6, 6.07) is 8.35. The molecule has 20 heavy (non-hydrogen) atoms. The van der Waals surface area contributed by atoms with Crippen molar-refractivity contribution in [2.75, 3.05) is 0 Å². The van der Waals surface area contributed by atoms with Crippen molar-refractivity contribution < 1.29 is 14.0 Å². The lowest BCUT2D eigenvalue weighted by atomic mass is 10.1. The predicted octanol–water partition coefficient (Wildman–Crippen LogP) is 3.28. The van der Waals surface area contributed by atoms with Crippen LogP contribution in [-0.2, 0) is 0 Å². The average molecular weight is 445 g/mol. The Bertz CT molecular complexity index is 699. The molecule has 0 radical (unpaired) electrons. The second-order valence-electron chi connectivity index (χ2n) is 3.98. The minimum Gasteiger partial charge on any atom is -0.448 e. The predicted molar refractivity (Wildman–Crippen MR) is 83.7 cm³/mol. The van der Waals surface area contributed by atoms with Gasteiger partial charge in [0, 0.05) is 28.7 Å². The maximum Gasteiger partial charge on any atom is 0.282 e. The summed E-state index contributed by atoms with van der Waals surface area (Å²) in [7, 11) is 0. The van der Waals surface area contributed by atoms with Gasteiger partial charge in [-0.05, 0) is 28.1 Å². The molecule has 1 aromatic carbocycles. The minimum atomic E-state index is -0.429. The zero-order valence-corrected chi connectivity index (χ0v) is 13.6. The van der Waals surface area contributed by atoms with Gasteiger partial charge in [0.05, 0.1) is 21.8 Å². The number of imide groups is 1. The van der Waals surface area contributed by atoms with Gasteiger partial charge in [-0.3, -0.25) is 9.59 Å². The first kappa shape index (κ1) is 13.5. The number of carbonyl (C=O) groups excluding carboxylic acids is 2. The van der Waals surface area contributed by atoms with Gasteiger partial charge in [-0.1, -0.05) is 12.1 Å². The summed E-state index contributed by atoms with van der Waals surface area (Å²) >= 11 is 5.33. The quantitative estimate of drug-likeness (QED) is 0.405. The van der Waals surface area contributed by atoms with Gasteiger partial charge in [-0.2, -0.15) is 10.1 Å². The van der Waals surface area contributed by atoms with E-state index in [1.165, 1.54) is 6.21 Å². The van der Waals surface area contributed by atoms with E-state index in [-0.39, 0.29) is 0 Å². The highest BCUT2D eigenvalue weighted by atomic mass is 127. The molecule has 2 amide bonds. The van der Waals surface area contributed by atoms with Crippen molar-refractivity contribution in [3.63, 3.8) is 0 Å². The number of hydrazone groups is 1. The maximum absolute atomic E-state index is 12.1. The van der Waals surface area contributed by atoms with E-state index in [9.17, 15) is 9.59 Å². The molecule has 1 aromatic heterocycles. The zero-order valence-electron chi connectivity index (χ0n) is 9.84. The zero-order chi connectivity index (χ0) is 14.3. The normalized spacial score (nSPS) is 14.4. The van der Waals surface area contributed by atoms with Gasteiger partial charge in [-0.25, -0.2) is 0 Å². The van der Waals surface area contributed by atoms with E-state index >= 15 is 0 Å². The van der Waals surface area contributed by atoms with Gasteiger partial charge >= 0.3 is 0 Å². The summed E-state index contributed by atoms with van der Waals surface area (Å²) in [5.41, 5.74) is 0.731. The van der Waals surface area contributed by atoms with E-state index in [0.717, 1.165) is 9.48 Å². The van der Waals surface area contributed by atoms with Gasteiger partial charge in [0.2, 0.25) is 0 Å². The smallest absolute Gasteiger partial charge is 0.282 e. The summed E-state index contributed by atoms with van der Waals surface area (Å²) in [6.07, 6.45) is 1.34. The molecule has 0 spiro atoms. The number of benzene rings is 1. The maximum atomic E-state index is 12.1. The Hall–Kier alpha value is -1.48. The molecular formula is C13H6BrIN2O3. The van der Waals surface area contributed by atoms with Crippen molar-refractivity contribution in [2.45, 2.75) is 0 Å². The number of fused-ring (bicyclic) bond motifs is 1. The average Bonchev–Trinajstić information content (AvgIpc) is 2.88. The number of rotatable bonds is 2. The Morgan fingerprint density at radius 1 is 1.20 bits per heavy atom. The Morgan fingerprint density at radius 2 is 1.80 bits per heavy atom. The molecule has 0 bridgehead atoms. The molecule has 0 N–H and O–H groups in total. The molecule has 100 valence electrons. The highest BCUT2D eigenvalue weighted by Gasteiger charge is 2.35. The van der Waals surface area contributed by atoms with E-state index < -0.39 is 11.8 Å². The van der Waals surface area contributed by atoms with E-state index in [4.69, 9.17) is 4.42 Å². The second-order valence-corrected chi connectivity index (χ2v) is 5.82. The summed E-state index contributed by atoms with van der Waals surface area (Å²) in [4.78, 5) is 24.1. The number of carbonyl (C=O) groups is 2. The largest absolute Gasteiger partial charge is 0.448 e. The standard InChI is InChI=1S/C13H6BrIN2O3/c14-10-5-7(20-11(10)15)6-16-17-12(18)8-3-1-2-4-9(8)13(17)19/h1-6H/b16-6-. The van der Waals surface area contributed by atoms with E-state index in [1.54, 1.807) is 30.3 Å². The first-order valence-corrected chi connectivity index (χ1v) is 7.41. The highest BCUT2D eigenvalue weighted by Crippen LogP contribution is 2.24. The van der Waals surface area contributed by atoms with Crippen LogP contribution in [0.15, 0.2) is 44.3 Å². The van der Waals surface area contributed by atoms with Gasteiger partial charge in [0.25, 0.3) is 11.8 Å². The Kier molecular flexibility index (Phi) is 3.47. The third-order valence-electron chi connectivity index (χ3n) is 2.74. The summed E-state index contributed by atoms with van der Waals surface area (Å²) in [5, 5.41) is 4.76. The van der Waals surface area contributed by atoms with Gasteiger partial charge in [-0.15, -0.1) is 0 Å². The van der Waals surface area contributed by atoms with Crippen LogP contribution in [0.25, 0.3) is 0 Å². The van der Waals surface area contributed by atoms with Crippen molar-refractivity contribution in [1.82, 2.24) is 5.01 Å². The molecule has 2 aromatic rings. The van der Waals surface area contributed by atoms with Crippen molar-refractivity contribution in [3.05, 3.63) is 55.5 Å². The molecule has 1 aliphatic heterocycles. The van der Waals surface area contributed by atoms with Crippen LogP contribution in [0.5, 0.6) is 0 Å². The third-order valence-corrected chi connectivity index (χ3v) is 4.87. The topological polar surface area (TPSA) is 62.9 Å². The fourth-order valence-electron chi connectivity index (χ4n) is 1.82. The number of furan rings is 1. The summed E-state index contributed by atoms with van der Waals surface area (Å²) < 4.78 is 6.83. The molecule has 0 unspecified atom stereocenters. The molecule has 5 nitrogen and oxygen atoms in total. The summed E-state index contributed by atoms with van der Waals surface area (Å²) in [5.74, 6) is -0.401. The van der Waals surface area contributed by atoms with Crippen LogP contribution in [0.4, 0.5) is 0 Å². The fourth-order valence-corrected chi connectivity index (χ4v) is 2.54. The van der Waals surface area contributed by atoms with Crippen LogP contribution in [-0.4, -0.2) is 23.0 Å². The van der Waals surface area contributed by atoms with Crippen LogP contribution in [0.1, 0.15) is 26.5 Å². The molecule has 0 atom stereocenters. The molecule has 1 aliphatic rings. The van der Waals surface area contributed by atoms with Crippen LogP contribution in [0.3, 0.4) is 0 Å². The van der Waals surface area contributed by atoms with Gasteiger partial charge in [0.1, 0.15) is 5.76 Å². The van der Waals surface area contributed by atoms with Gasteiger partial charge < -0.3 is 4.42 Å². The lowest BCUT2D eigenvalue weighted by Crippen LogP contribution is -2.23. The first-order valence-electron chi connectivity index (χ1n) is 5.54. The monoisotopic (exact) mass is 444 g/mol. The number of hydrogen-bond acceptors (Lipinski definition) is 4. The highest BCUT2D eigenvalue weighted by molar-refractivity contribution is 14.1. The Balaban J connectivity index is 1.90. The molecular weight excluding hydrogens is 439 g/mol. The number of hydrogen-bond donors (Lipinski definition) is 0. The first-order chi connectivity index (χ1) is 9.58. The number of nitrogens with zero attached hydrogens (tertiary/aromatic N) is 2. The van der Waals surface area contributed by atoms with E-state index in [1.807, 2.05) is 22.6 Å². The van der Waals surface area contributed by atoms with Crippen LogP contribution in [0, 0.1) is 3.77 Å². The molecule has 0 saturated heterocycles. The van der Waals surface area contributed by atoms with Crippen molar-refractivity contribution >= 4 is 56.5 Å². The molecule has 0 saturated carbocycles. The second kappa shape index (κ2) is 5.13. The Labute approximate surface area is 135 Å². The number of amides is 2. The van der Waals surface area contributed by atoms with Crippen LogP contribution in [0.2, 0.25) is 0 Å². The minimum absolute atomic E-state index is 0.366. The fraction of sp³-hybridized carbons (Fsp3) is 0. The number of halogens is 2.